The van der Waals surface area contributed by atoms with Crippen molar-refractivity contribution in [2.45, 2.75) is 26.4 Å². The van der Waals surface area contributed by atoms with Crippen molar-refractivity contribution in [2.75, 3.05) is 18.9 Å². The molecule has 0 aliphatic heterocycles. The zero-order valence-electron chi connectivity index (χ0n) is 14.5. The largest absolute Gasteiger partial charge is 0.492 e. The van der Waals surface area contributed by atoms with Crippen LogP contribution in [0, 0.1) is 0 Å². The number of nitrogen functional groups attached to an aromatic ring is 1. The highest BCUT2D eigenvalue weighted by atomic mass is 16.6. The summed E-state index contributed by atoms with van der Waals surface area (Å²) in [5.41, 5.74) is 7.90. The number of hydrogen-bond donors (Lipinski definition) is 2. The lowest BCUT2D eigenvalue weighted by molar-refractivity contribution is 0.0520. The van der Waals surface area contributed by atoms with E-state index in [0.717, 1.165) is 11.1 Å². The number of aromatic nitrogens is 2. The molecule has 7 nitrogen and oxygen atoms in total. The van der Waals surface area contributed by atoms with Crippen molar-refractivity contribution in [1.29, 1.82) is 0 Å². The zero-order chi connectivity index (χ0) is 17.7. The van der Waals surface area contributed by atoms with Crippen LogP contribution < -0.4 is 15.8 Å². The summed E-state index contributed by atoms with van der Waals surface area (Å²) in [6.45, 7) is 6.10. The number of nitrogens with one attached hydrogen (secondary N) is 1. The highest BCUT2D eigenvalue weighted by Gasteiger charge is 2.15. The summed E-state index contributed by atoms with van der Waals surface area (Å²) in [5, 5.41) is 6.79. The van der Waals surface area contributed by atoms with Crippen LogP contribution in [0.2, 0.25) is 0 Å². The Hall–Kier alpha value is -2.70. The van der Waals surface area contributed by atoms with Gasteiger partial charge in [0.1, 0.15) is 18.0 Å². The molecular formula is C17H24N4O3. The third-order valence-electron chi connectivity index (χ3n) is 3.01. The average molecular weight is 332 g/mol. The van der Waals surface area contributed by atoms with E-state index in [1.807, 2.05) is 46.1 Å². The Labute approximate surface area is 141 Å². The van der Waals surface area contributed by atoms with Crippen molar-refractivity contribution in [3.8, 4) is 16.9 Å². The van der Waals surface area contributed by atoms with Crippen LogP contribution in [0.15, 0.2) is 30.6 Å². The van der Waals surface area contributed by atoms with Gasteiger partial charge in [0.2, 0.25) is 0 Å². The second-order valence-electron chi connectivity index (χ2n) is 6.47. The molecule has 2 aromatic rings. The van der Waals surface area contributed by atoms with Crippen LogP contribution in [0.5, 0.6) is 5.75 Å². The number of benzene rings is 1. The Bertz CT molecular complexity index is 704. The summed E-state index contributed by atoms with van der Waals surface area (Å²) in [6, 6.07) is 5.50. The molecule has 0 unspecified atom stereocenters. The molecule has 1 heterocycles. The fraction of sp³-hybridized carbons (Fsp3) is 0.412. The molecule has 0 spiro atoms. The van der Waals surface area contributed by atoms with Crippen molar-refractivity contribution in [3.63, 3.8) is 0 Å². The minimum atomic E-state index is -0.516. The zero-order valence-corrected chi connectivity index (χ0v) is 14.5. The van der Waals surface area contributed by atoms with E-state index in [2.05, 4.69) is 10.4 Å². The van der Waals surface area contributed by atoms with Crippen molar-refractivity contribution >= 4 is 11.8 Å². The molecule has 0 radical (unpaired) electrons. The van der Waals surface area contributed by atoms with Crippen LogP contribution in [0.3, 0.4) is 0 Å². The molecule has 1 amide bonds. The van der Waals surface area contributed by atoms with Gasteiger partial charge in [0, 0.05) is 30.6 Å². The normalized spacial score (nSPS) is 11.2. The molecule has 2 rings (SSSR count). The van der Waals surface area contributed by atoms with Gasteiger partial charge in [0.25, 0.3) is 0 Å². The van der Waals surface area contributed by atoms with Gasteiger partial charge >= 0.3 is 6.09 Å². The van der Waals surface area contributed by atoms with E-state index in [9.17, 15) is 4.79 Å². The molecule has 1 aromatic carbocycles. The predicted molar refractivity (Wildman–Crippen MR) is 92.8 cm³/mol. The molecule has 1 aromatic heterocycles. The van der Waals surface area contributed by atoms with Gasteiger partial charge in [-0.2, -0.15) is 5.10 Å². The van der Waals surface area contributed by atoms with Crippen LogP contribution in [0.4, 0.5) is 10.5 Å². The van der Waals surface area contributed by atoms with Crippen LogP contribution in [-0.2, 0) is 11.8 Å². The molecule has 0 aliphatic rings. The number of alkyl carbamates (subject to hydrolysis) is 1. The maximum atomic E-state index is 11.5. The number of nitrogens with zero attached hydrogens (tertiary/aromatic N) is 2. The Balaban J connectivity index is 1.89. The van der Waals surface area contributed by atoms with Crippen LogP contribution in [0.1, 0.15) is 20.8 Å². The fourth-order valence-electron chi connectivity index (χ4n) is 2.08. The number of carbonyl (C=O) groups excluding carboxylic acids is 1. The molecule has 0 aliphatic carbocycles. The van der Waals surface area contributed by atoms with Crippen molar-refractivity contribution < 1.29 is 14.3 Å². The Morgan fingerprint density at radius 1 is 1.29 bits per heavy atom. The Morgan fingerprint density at radius 3 is 2.67 bits per heavy atom. The topological polar surface area (TPSA) is 91.4 Å². The lowest BCUT2D eigenvalue weighted by Gasteiger charge is -2.19. The maximum Gasteiger partial charge on any atom is 0.407 e. The van der Waals surface area contributed by atoms with Gasteiger partial charge in [-0.1, -0.05) is 0 Å². The molecule has 7 heteroatoms. The summed E-state index contributed by atoms with van der Waals surface area (Å²) < 4.78 is 12.5. The first-order valence-corrected chi connectivity index (χ1v) is 7.72. The smallest absolute Gasteiger partial charge is 0.407 e. The molecule has 0 fully saturated rings. The van der Waals surface area contributed by atoms with E-state index >= 15 is 0 Å². The lowest BCUT2D eigenvalue weighted by atomic mass is 10.1. The lowest BCUT2D eigenvalue weighted by Crippen LogP contribution is -2.34. The Kier molecular flexibility index (Phi) is 5.33. The van der Waals surface area contributed by atoms with Gasteiger partial charge in [-0.05, 0) is 38.5 Å². The maximum absolute atomic E-state index is 11.5. The van der Waals surface area contributed by atoms with E-state index in [0.29, 0.717) is 24.6 Å². The number of carbonyl (C=O) groups is 1. The van der Waals surface area contributed by atoms with Crippen molar-refractivity contribution in [3.05, 3.63) is 30.6 Å². The number of anilines is 1. The fourth-order valence-corrected chi connectivity index (χ4v) is 2.08. The molecule has 130 valence electrons. The molecule has 0 atom stereocenters. The molecule has 3 N–H and O–H groups in total. The minimum Gasteiger partial charge on any atom is -0.492 e. The summed E-state index contributed by atoms with van der Waals surface area (Å²) in [4.78, 5) is 11.5. The van der Waals surface area contributed by atoms with E-state index in [-0.39, 0.29) is 0 Å². The molecule has 0 bridgehead atoms. The first kappa shape index (κ1) is 17.7. The number of nitrogens with two attached hydrogens (primary N) is 1. The quantitative estimate of drug-likeness (QED) is 0.648. The number of aryl methyl sites for hydroxylation is 1. The minimum absolute atomic E-state index is 0.315. The molecule has 24 heavy (non-hydrogen) atoms. The molecular weight excluding hydrogens is 308 g/mol. The van der Waals surface area contributed by atoms with Gasteiger partial charge < -0.3 is 20.5 Å². The second-order valence-corrected chi connectivity index (χ2v) is 6.47. The first-order valence-electron chi connectivity index (χ1n) is 7.72. The van der Waals surface area contributed by atoms with Crippen LogP contribution in [-0.4, -0.2) is 34.6 Å². The van der Waals surface area contributed by atoms with E-state index < -0.39 is 11.7 Å². The SMILES string of the molecule is Cn1cc(-c2cc(N)cc(OCCNC(=O)OC(C)(C)C)c2)cn1. The monoisotopic (exact) mass is 332 g/mol. The molecule has 0 saturated heterocycles. The summed E-state index contributed by atoms with van der Waals surface area (Å²) >= 11 is 0. The average Bonchev–Trinajstić information content (AvgIpc) is 2.88. The van der Waals surface area contributed by atoms with E-state index in [1.165, 1.54) is 0 Å². The van der Waals surface area contributed by atoms with E-state index in [4.69, 9.17) is 15.2 Å². The summed E-state index contributed by atoms with van der Waals surface area (Å²) in [5.74, 6) is 0.639. The summed E-state index contributed by atoms with van der Waals surface area (Å²) in [7, 11) is 1.86. The van der Waals surface area contributed by atoms with Gasteiger partial charge in [0.15, 0.2) is 0 Å². The highest BCUT2D eigenvalue weighted by Crippen LogP contribution is 2.26. The standard InChI is InChI=1S/C17H24N4O3/c1-17(2,3)24-16(22)19-5-6-23-15-8-12(7-14(18)9-15)13-10-20-21(4)11-13/h7-11H,5-6,18H2,1-4H3,(H,19,22). The number of ether oxygens (including phenoxy) is 2. The third-order valence-corrected chi connectivity index (χ3v) is 3.01. The van der Waals surface area contributed by atoms with Gasteiger partial charge in [0.05, 0.1) is 12.7 Å². The number of hydrogen-bond acceptors (Lipinski definition) is 5. The Morgan fingerprint density at radius 2 is 2.04 bits per heavy atom. The molecule has 0 saturated carbocycles. The first-order chi connectivity index (χ1) is 11.2. The van der Waals surface area contributed by atoms with Crippen LogP contribution >= 0.6 is 0 Å². The predicted octanol–water partition coefficient (Wildman–Crippen LogP) is 2.57. The van der Waals surface area contributed by atoms with Gasteiger partial charge in [-0.15, -0.1) is 0 Å². The number of rotatable bonds is 5. The van der Waals surface area contributed by atoms with Crippen molar-refractivity contribution in [2.24, 2.45) is 7.05 Å². The summed E-state index contributed by atoms with van der Waals surface area (Å²) in [6.07, 6.45) is 3.21. The van der Waals surface area contributed by atoms with E-state index in [1.54, 1.807) is 16.9 Å². The number of amides is 1. The van der Waals surface area contributed by atoms with Gasteiger partial charge in [-0.25, -0.2) is 4.79 Å². The second kappa shape index (κ2) is 7.25. The van der Waals surface area contributed by atoms with Crippen LogP contribution in [0.25, 0.3) is 11.1 Å². The van der Waals surface area contributed by atoms with Crippen molar-refractivity contribution in [1.82, 2.24) is 15.1 Å². The van der Waals surface area contributed by atoms with Gasteiger partial charge in [-0.3, -0.25) is 4.68 Å². The highest BCUT2D eigenvalue weighted by molar-refractivity contribution is 5.69. The third kappa shape index (κ3) is 5.49.